The molecule has 0 saturated carbocycles. The minimum atomic E-state index is -0.300. The summed E-state index contributed by atoms with van der Waals surface area (Å²) in [6.45, 7) is 0.0561. The van der Waals surface area contributed by atoms with E-state index in [0.29, 0.717) is 34.5 Å². The summed E-state index contributed by atoms with van der Waals surface area (Å²) in [5.41, 5.74) is 1.33. The van der Waals surface area contributed by atoms with Crippen LogP contribution in [0.3, 0.4) is 0 Å². The third-order valence-electron chi connectivity index (χ3n) is 4.10. The summed E-state index contributed by atoms with van der Waals surface area (Å²) in [7, 11) is 3.11. The van der Waals surface area contributed by atoms with Gasteiger partial charge in [0.1, 0.15) is 12.3 Å². The number of halogens is 1. The van der Waals surface area contributed by atoms with Gasteiger partial charge in [0.25, 0.3) is 5.91 Å². The van der Waals surface area contributed by atoms with Crippen LogP contribution in [0.4, 0.5) is 5.69 Å². The second kappa shape index (κ2) is 8.18. The number of carbonyl (C=O) groups is 2. The molecule has 0 bridgehead atoms. The molecule has 0 saturated heterocycles. The number of fused-ring (bicyclic) bond motifs is 1. The van der Waals surface area contributed by atoms with Crippen LogP contribution in [0.5, 0.6) is 17.2 Å². The van der Waals surface area contributed by atoms with Crippen molar-refractivity contribution in [2.75, 3.05) is 32.3 Å². The Morgan fingerprint density at radius 3 is 2.70 bits per heavy atom. The Kier molecular flexibility index (Phi) is 5.71. The largest absolute Gasteiger partial charge is 0.493 e. The number of hydrogen-bond donors (Lipinski definition) is 1. The standard InChI is InChI=1S/C19H19ClN2O5/c1-25-16-5-3-12(7-17(16)26-2)9-21-18(23)10-22-14-8-13(20)4-6-15(14)27-11-19(22)24/h3-8H,9-11H2,1-2H3,(H,21,23). The molecule has 3 rings (SSSR count). The average Bonchev–Trinajstić information content (AvgIpc) is 2.68. The molecule has 27 heavy (non-hydrogen) atoms. The third kappa shape index (κ3) is 4.25. The smallest absolute Gasteiger partial charge is 0.265 e. The minimum Gasteiger partial charge on any atom is -0.493 e. The number of hydrogen-bond acceptors (Lipinski definition) is 5. The summed E-state index contributed by atoms with van der Waals surface area (Å²) in [6, 6.07) is 10.3. The quantitative estimate of drug-likeness (QED) is 0.819. The highest BCUT2D eigenvalue weighted by molar-refractivity contribution is 6.31. The molecule has 0 radical (unpaired) electrons. The van der Waals surface area contributed by atoms with Crippen LogP contribution in [-0.2, 0) is 16.1 Å². The van der Waals surface area contributed by atoms with E-state index in [2.05, 4.69) is 5.32 Å². The SMILES string of the molecule is COc1ccc(CNC(=O)CN2C(=O)COc3ccc(Cl)cc32)cc1OC. The predicted molar refractivity (Wildman–Crippen MR) is 101 cm³/mol. The van der Waals surface area contributed by atoms with E-state index in [4.69, 9.17) is 25.8 Å². The highest BCUT2D eigenvalue weighted by atomic mass is 35.5. The Morgan fingerprint density at radius 1 is 1.19 bits per heavy atom. The molecular weight excluding hydrogens is 372 g/mol. The predicted octanol–water partition coefficient (Wildman–Crippen LogP) is 2.40. The number of carbonyl (C=O) groups excluding carboxylic acids is 2. The summed E-state index contributed by atoms with van der Waals surface area (Å²) in [6.07, 6.45) is 0. The van der Waals surface area contributed by atoms with E-state index in [-0.39, 0.29) is 25.0 Å². The molecule has 0 spiro atoms. The maximum absolute atomic E-state index is 12.4. The Labute approximate surface area is 161 Å². The van der Waals surface area contributed by atoms with Gasteiger partial charge in [-0.1, -0.05) is 17.7 Å². The lowest BCUT2D eigenvalue weighted by Gasteiger charge is -2.29. The third-order valence-corrected chi connectivity index (χ3v) is 4.34. The number of nitrogens with zero attached hydrogens (tertiary/aromatic N) is 1. The highest BCUT2D eigenvalue weighted by Gasteiger charge is 2.27. The van der Waals surface area contributed by atoms with Crippen molar-refractivity contribution in [2.45, 2.75) is 6.54 Å². The molecule has 142 valence electrons. The molecule has 1 aliphatic rings. The first-order chi connectivity index (χ1) is 13.0. The Bertz CT molecular complexity index is 871. The van der Waals surface area contributed by atoms with Crippen molar-refractivity contribution in [2.24, 2.45) is 0 Å². The van der Waals surface area contributed by atoms with Gasteiger partial charge >= 0.3 is 0 Å². The molecule has 1 heterocycles. The molecule has 1 N–H and O–H groups in total. The molecule has 0 aliphatic carbocycles. The average molecular weight is 391 g/mol. The Morgan fingerprint density at radius 2 is 1.96 bits per heavy atom. The lowest BCUT2D eigenvalue weighted by molar-refractivity contribution is -0.125. The molecule has 2 amide bonds. The van der Waals surface area contributed by atoms with Crippen LogP contribution in [0.1, 0.15) is 5.56 Å². The highest BCUT2D eigenvalue weighted by Crippen LogP contribution is 2.34. The fourth-order valence-electron chi connectivity index (χ4n) is 2.74. The first-order valence-electron chi connectivity index (χ1n) is 8.22. The van der Waals surface area contributed by atoms with Crippen LogP contribution >= 0.6 is 11.6 Å². The van der Waals surface area contributed by atoms with Crippen molar-refractivity contribution in [1.29, 1.82) is 0 Å². The van der Waals surface area contributed by atoms with Gasteiger partial charge < -0.3 is 19.5 Å². The van der Waals surface area contributed by atoms with Gasteiger partial charge in [0, 0.05) is 11.6 Å². The van der Waals surface area contributed by atoms with Crippen LogP contribution in [0.15, 0.2) is 36.4 Å². The van der Waals surface area contributed by atoms with E-state index >= 15 is 0 Å². The van der Waals surface area contributed by atoms with E-state index in [1.54, 1.807) is 44.6 Å². The molecule has 0 atom stereocenters. The number of anilines is 1. The fourth-order valence-corrected chi connectivity index (χ4v) is 2.91. The number of amides is 2. The van der Waals surface area contributed by atoms with Crippen LogP contribution in [0.2, 0.25) is 5.02 Å². The van der Waals surface area contributed by atoms with E-state index in [0.717, 1.165) is 5.56 Å². The van der Waals surface area contributed by atoms with Crippen LogP contribution < -0.4 is 24.4 Å². The number of nitrogens with one attached hydrogen (secondary N) is 1. The van der Waals surface area contributed by atoms with Crippen molar-refractivity contribution in [1.82, 2.24) is 5.32 Å². The van der Waals surface area contributed by atoms with Gasteiger partial charge in [-0.2, -0.15) is 0 Å². The van der Waals surface area contributed by atoms with Gasteiger partial charge in [0.05, 0.1) is 19.9 Å². The normalized spacial score (nSPS) is 12.9. The van der Waals surface area contributed by atoms with Gasteiger partial charge in [-0.05, 0) is 35.9 Å². The first-order valence-corrected chi connectivity index (χ1v) is 8.60. The van der Waals surface area contributed by atoms with Crippen LogP contribution in [0, 0.1) is 0 Å². The molecule has 7 nitrogen and oxygen atoms in total. The van der Waals surface area contributed by atoms with E-state index < -0.39 is 0 Å². The number of rotatable bonds is 6. The second-order valence-corrected chi connectivity index (χ2v) is 6.28. The van der Waals surface area contributed by atoms with E-state index in [1.807, 2.05) is 6.07 Å². The van der Waals surface area contributed by atoms with Gasteiger partial charge in [-0.3, -0.25) is 14.5 Å². The van der Waals surface area contributed by atoms with Crippen molar-refractivity contribution < 1.29 is 23.8 Å². The summed E-state index contributed by atoms with van der Waals surface area (Å²) in [5.74, 6) is 1.11. The lowest BCUT2D eigenvalue weighted by atomic mass is 10.2. The summed E-state index contributed by atoms with van der Waals surface area (Å²) < 4.78 is 15.8. The maximum atomic E-state index is 12.4. The molecule has 0 unspecified atom stereocenters. The summed E-state index contributed by atoms with van der Waals surface area (Å²) in [5, 5.41) is 3.26. The molecule has 2 aromatic carbocycles. The molecule has 0 aromatic heterocycles. The zero-order valence-corrected chi connectivity index (χ0v) is 15.7. The van der Waals surface area contributed by atoms with Gasteiger partial charge in [-0.15, -0.1) is 0 Å². The van der Waals surface area contributed by atoms with Crippen molar-refractivity contribution in [3.05, 3.63) is 47.0 Å². The van der Waals surface area contributed by atoms with Crippen molar-refractivity contribution >= 4 is 29.1 Å². The maximum Gasteiger partial charge on any atom is 0.265 e. The minimum absolute atomic E-state index is 0.114. The number of benzene rings is 2. The van der Waals surface area contributed by atoms with E-state index in [9.17, 15) is 9.59 Å². The monoisotopic (exact) mass is 390 g/mol. The topological polar surface area (TPSA) is 77.1 Å². The van der Waals surface area contributed by atoms with Gasteiger partial charge in [-0.25, -0.2) is 0 Å². The summed E-state index contributed by atoms with van der Waals surface area (Å²) >= 11 is 6.00. The van der Waals surface area contributed by atoms with Gasteiger partial charge in [0.15, 0.2) is 18.1 Å². The van der Waals surface area contributed by atoms with Gasteiger partial charge in [0.2, 0.25) is 5.91 Å². The Hall–Kier alpha value is -2.93. The van der Waals surface area contributed by atoms with E-state index in [1.165, 1.54) is 4.90 Å². The number of methoxy groups -OCH3 is 2. The molecule has 2 aromatic rings. The van der Waals surface area contributed by atoms with Crippen molar-refractivity contribution in [3.8, 4) is 17.2 Å². The lowest BCUT2D eigenvalue weighted by Crippen LogP contribution is -2.45. The number of ether oxygens (including phenoxy) is 3. The molecular formula is C19H19ClN2O5. The zero-order valence-electron chi connectivity index (χ0n) is 15.0. The molecule has 0 fully saturated rings. The van der Waals surface area contributed by atoms with Crippen LogP contribution in [0.25, 0.3) is 0 Å². The van der Waals surface area contributed by atoms with Crippen LogP contribution in [-0.4, -0.2) is 39.2 Å². The fraction of sp³-hybridized carbons (Fsp3) is 0.263. The zero-order chi connectivity index (χ0) is 19.4. The Balaban J connectivity index is 1.66. The first kappa shape index (κ1) is 18.8. The molecule has 8 heteroatoms. The summed E-state index contributed by atoms with van der Waals surface area (Å²) in [4.78, 5) is 25.9. The molecule has 1 aliphatic heterocycles. The van der Waals surface area contributed by atoms with Crippen molar-refractivity contribution in [3.63, 3.8) is 0 Å². The second-order valence-electron chi connectivity index (χ2n) is 5.85.